The topological polar surface area (TPSA) is 17.8 Å². The Morgan fingerprint density at radius 1 is 1.57 bits per heavy atom. The van der Waals surface area contributed by atoms with Gasteiger partial charge in [-0.2, -0.15) is 0 Å². The Morgan fingerprint density at radius 2 is 2.36 bits per heavy atom. The Balaban J connectivity index is 2.77. The second kappa shape index (κ2) is 3.36. The summed E-state index contributed by atoms with van der Waals surface area (Å²) in [5, 5.41) is 0.607. The van der Waals surface area contributed by atoms with Crippen LogP contribution in [-0.2, 0) is 6.54 Å². The third-order valence-corrected chi connectivity index (χ3v) is 2.52. The highest BCUT2D eigenvalue weighted by Gasteiger charge is 2.05. The molecule has 1 heterocycles. The highest BCUT2D eigenvalue weighted by molar-refractivity contribution is 6.32. The van der Waals surface area contributed by atoms with Crippen LogP contribution >= 0.6 is 11.6 Å². The molecule has 1 aromatic carbocycles. The molecule has 0 radical (unpaired) electrons. The minimum absolute atomic E-state index is 0.607. The summed E-state index contributed by atoms with van der Waals surface area (Å²) in [4.78, 5) is 4.25. The molecule has 0 saturated carbocycles. The van der Waals surface area contributed by atoms with Crippen molar-refractivity contribution in [2.75, 3.05) is 0 Å². The summed E-state index contributed by atoms with van der Waals surface area (Å²) in [6, 6.07) is 3.70. The molecule has 0 atom stereocenters. The fourth-order valence-corrected chi connectivity index (χ4v) is 1.65. The van der Waals surface area contributed by atoms with Crippen LogP contribution in [0.3, 0.4) is 0 Å². The fraction of sp³-hybridized carbons (Fsp3) is 0.182. The fourth-order valence-electron chi connectivity index (χ4n) is 1.44. The van der Waals surface area contributed by atoms with Crippen molar-refractivity contribution >= 4 is 22.6 Å². The van der Waals surface area contributed by atoms with Crippen LogP contribution in [0.15, 0.2) is 18.5 Å². The van der Waals surface area contributed by atoms with Gasteiger partial charge in [0.15, 0.2) is 0 Å². The normalized spacial score (nSPS) is 10.4. The lowest BCUT2D eigenvalue weighted by molar-refractivity contribution is 0.787. The Kier molecular flexibility index (Phi) is 2.18. The SMILES string of the molecule is C#Cc1cc2ncn(CC)c2cc1Cl. The standard InChI is InChI=1S/C11H9ClN2/c1-3-8-5-10-11(6-9(8)12)14(4-2)7-13-10/h1,5-7H,4H2,2H3. The van der Waals surface area contributed by atoms with E-state index in [-0.39, 0.29) is 0 Å². The van der Waals surface area contributed by atoms with Crippen LogP contribution in [0.5, 0.6) is 0 Å². The first kappa shape index (κ1) is 9.11. The summed E-state index contributed by atoms with van der Waals surface area (Å²) in [5.74, 6) is 2.53. The molecule has 0 amide bonds. The molecular formula is C11H9ClN2. The first-order chi connectivity index (χ1) is 6.76. The van der Waals surface area contributed by atoms with E-state index in [1.165, 1.54) is 0 Å². The molecule has 0 aliphatic rings. The average molecular weight is 205 g/mol. The third-order valence-electron chi connectivity index (χ3n) is 2.21. The Labute approximate surface area is 87.5 Å². The predicted octanol–water partition coefficient (Wildman–Crippen LogP) is 2.69. The van der Waals surface area contributed by atoms with Gasteiger partial charge in [0.05, 0.1) is 22.4 Å². The first-order valence-electron chi connectivity index (χ1n) is 4.37. The minimum Gasteiger partial charge on any atom is -0.331 e. The van der Waals surface area contributed by atoms with Crippen LogP contribution in [0.4, 0.5) is 0 Å². The highest BCUT2D eigenvalue weighted by atomic mass is 35.5. The smallest absolute Gasteiger partial charge is 0.0958 e. The zero-order chi connectivity index (χ0) is 10.1. The van der Waals surface area contributed by atoms with E-state index in [2.05, 4.69) is 17.8 Å². The van der Waals surface area contributed by atoms with Crippen LogP contribution < -0.4 is 0 Å². The average Bonchev–Trinajstić information content (AvgIpc) is 2.58. The van der Waals surface area contributed by atoms with E-state index in [4.69, 9.17) is 18.0 Å². The van der Waals surface area contributed by atoms with E-state index >= 15 is 0 Å². The molecule has 0 aliphatic heterocycles. The molecule has 2 aromatic rings. The van der Waals surface area contributed by atoms with Crippen LogP contribution in [0.1, 0.15) is 12.5 Å². The van der Waals surface area contributed by atoms with Gasteiger partial charge in [0.1, 0.15) is 0 Å². The van der Waals surface area contributed by atoms with Gasteiger partial charge in [0.2, 0.25) is 0 Å². The molecule has 0 aliphatic carbocycles. The lowest BCUT2D eigenvalue weighted by Gasteiger charge is -2.00. The summed E-state index contributed by atoms with van der Waals surface area (Å²) in [6.45, 7) is 2.94. The number of imidazole rings is 1. The summed E-state index contributed by atoms with van der Waals surface area (Å²) in [6.07, 6.45) is 7.10. The number of hydrogen-bond donors (Lipinski definition) is 0. The van der Waals surface area contributed by atoms with Gasteiger partial charge in [0, 0.05) is 12.1 Å². The number of fused-ring (bicyclic) bond motifs is 1. The number of aryl methyl sites for hydroxylation is 1. The molecule has 2 rings (SSSR count). The summed E-state index contributed by atoms with van der Waals surface area (Å²) >= 11 is 6.01. The summed E-state index contributed by atoms with van der Waals surface area (Å²) < 4.78 is 2.03. The zero-order valence-electron chi connectivity index (χ0n) is 7.79. The molecular weight excluding hydrogens is 196 g/mol. The van der Waals surface area contributed by atoms with E-state index in [1.807, 2.05) is 16.7 Å². The maximum Gasteiger partial charge on any atom is 0.0958 e. The van der Waals surface area contributed by atoms with Gasteiger partial charge >= 0.3 is 0 Å². The van der Waals surface area contributed by atoms with Gasteiger partial charge in [-0.25, -0.2) is 4.98 Å². The quantitative estimate of drug-likeness (QED) is 0.654. The number of nitrogens with zero attached hydrogens (tertiary/aromatic N) is 2. The Morgan fingerprint density at radius 3 is 3.00 bits per heavy atom. The molecule has 1 aromatic heterocycles. The van der Waals surface area contributed by atoms with Gasteiger partial charge < -0.3 is 4.57 Å². The first-order valence-corrected chi connectivity index (χ1v) is 4.75. The third kappa shape index (κ3) is 1.26. The molecule has 70 valence electrons. The van der Waals surface area contributed by atoms with Gasteiger partial charge in [0.25, 0.3) is 0 Å². The van der Waals surface area contributed by atoms with Gasteiger partial charge in [-0.15, -0.1) is 6.42 Å². The van der Waals surface area contributed by atoms with E-state index in [0.717, 1.165) is 17.6 Å². The van der Waals surface area contributed by atoms with Crippen molar-refractivity contribution in [3.05, 3.63) is 29.0 Å². The maximum absolute atomic E-state index is 6.01. The van der Waals surface area contributed by atoms with Gasteiger partial charge in [-0.05, 0) is 19.1 Å². The van der Waals surface area contributed by atoms with E-state index < -0.39 is 0 Å². The van der Waals surface area contributed by atoms with Crippen molar-refractivity contribution < 1.29 is 0 Å². The molecule has 0 bridgehead atoms. The maximum atomic E-state index is 6.01. The molecule has 0 saturated heterocycles. The number of benzene rings is 1. The molecule has 0 spiro atoms. The number of hydrogen-bond acceptors (Lipinski definition) is 1. The lowest BCUT2D eigenvalue weighted by atomic mass is 10.2. The number of rotatable bonds is 1. The Bertz CT molecular complexity index is 520. The molecule has 0 fully saturated rings. The largest absolute Gasteiger partial charge is 0.331 e. The lowest BCUT2D eigenvalue weighted by Crippen LogP contribution is -1.90. The Hall–Kier alpha value is -1.46. The zero-order valence-corrected chi connectivity index (χ0v) is 8.54. The van der Waals surface area contributed by atoms with Crippen LogP contribution in [0.25, 0.3) is 11.0 Å². The molecule has 0 unspecified atom stereocenters. The van der Waals surface area contributed by atoms with Crippen molar-refractivity contribution in [3.63, 3.8) is 0 Å². The minimum atomic E-state index is 0.607. The predicted molar refractivity (Wildman–Crippen MR) is 58.4 cm³/mol. The van der Waals surface area contributed by atoms with Crippen LogP contribution in [0.2, 0.25) is 5.02 Å². The monoisotopic (exact) mass is 204 g/mol. The highest BCUT2D eigenvalue weighted by Crippen LogP contribution is 2.22. The van der Waals surface area contributed by atoms with Crippen molar-refractivity contribution in [1.29, 1.82) is 0 Å². The van der Waals surface area contributed by atoms with Crippen molar-refractivity contribution in [2.24, 2.45) is 0 Å². The molecule has 14 heavy (non-hydrogen) atoms. The summed E-state index contributed by atoms with van der Waals surface area (Å²) in [7, 11) is 0. The molecule has 3 heteroatoms. The number of terminal acetylenes is 1. The van der Waals surface area contributed by atoms with Crippen LogP contribution in [0, 0.1) is 12.3 Å². The van der Waals surface area contributed by atoms with Crippen LogP contribution in [-0.4, -0.2) is 9.55 Å². The second-order valence-electron chi connectivity index (χ2n) is 3.00. The summed E-state index contributed by atoms with van der Waals surface area (Å²) in [5.41, 5.74) is 2.61. The second-order valence-corrected chi connectivity index (χ2v) is 3.40. The van der Waals surface area contributed by atoms with Crippen molar-refractivity contribution in [3.8, 4) is 12.3 Å². The number of aromatic nitrogens is 2. The molecule has 2 nitrogen and oxygen atoms in total. The van der Waals surface area contributed by atoms with E-state index in [0.29, 0.717) is 10.6 Å². The van der Waals surface area contributed by atoms with Crippen molar-refractivity contribution in [2.45, 2.75) is 13.5 Å². The van der Waals surface area contributed by atoms with E-state index in [1.54, 1.807) is 6.33 Å². The van der Waals surface area contributed by atoms with Gasteiger partial charge in [-0.1, -0.05) is 17.5 Å². The van der Waals surface area contributed by atoms with Gasteiger partial charge in [-0.3, -0.25) is 0 Å². The number of halogens is 1. The van der Waals surface area contributed by atoms with Crippen molar-refractivity contribution in [1.82, 2.24) is 9.55 Å². The van der Waals surface area contributed by atoms with E-state index in [9.17, 15) is 0 Å². The molecule has 0 N–H and O–H groups in total.